The first-order chi connectivity index (χ1) is 10.3. The topological polar surface area (TPSA) is 29.3 Å². The van der Waals surface area contributed by atoms with E-state index in [1.165, 1.54) is 89.9 Å². The van der Waals surface area contributed by atoms with Crippen molar-refractivity contribution in [1.29, 1.82) is 0 Å². The summed E-state index contributed by atoms with van der Waals surface area (Å²) in [5, 5.41) is 0. The fraction of sp³-hybridized carbons (Fsp3) is 1.00. The van der Waals surface area contributed by atoms with Crippen LogP contribution in [0.5, 0.6) is 0 Å². The zero-order chi connectivity index (χ0) is 14.9. The Balaban J connectivity index is 1.86. The van der Waals surface area contributed by atoms with Gasteiger partial charge in [-0.1, -0.05) is 64.2 Å². The molecule has 0 radical (unpaired) electrons. The minimum atomic E-state index is 0.761. The van der Waals surface area contributed by atoms with Crippen LogP contribution < -0.4 is 5.73 Å². The molecule has 2 atom stereocenters. The van der Waals surface area contributed by atoms with Crippen molar-refractivity contribution in [1.82, 2.24) is 4.90 Å². The molecular formula is C19H38N2. The van der Waals surface area contributed by atoms with Crippen molar-refractivity contribution in [2.24, 2.45) is 11.7 Å². The maximum absolute atomic E-state index is 6.00. The molecular weight excluding hydrogens is 256 g/mol. The molecule has 0 aromatic rings. The highest BCUT2D eigenvalue weighted by atomic mass is 15.2. The number of hydrogen-bond acceptors (Lipinski definition) is 2. The SMILES string of the molecule is CN(C1CCCCCCCCCCC1)C1CCCC1CN. The molecule has 0 aromatic carbocycles. The average molecular weight is 295 g/mol. The van der Waals surface area contributed by atoms with Crippen LogP contribution >= 0.6 is 0 Å². The molecule has 21 heavy (non-hydrogen) atoms. The molecule has 124 valence electrons. The first-order valence-corrected chi connectivity index (χ1v) is 9.75. The molecule has 0 aromatic heterocycles. The number of nitrogens with two attached hydrogens (primary N) is 1. The Labute approximate surface area is 132 Å². The van der Waals surface area contributed by atoms with Gasteiger partial charge in [-0.25, -0.2) is 0 Å². The van der Waals surface area contributed by atoms with Crippen LogP contribution in [0.2, 0.25) is 0 Å². The van der Waals surface area contributed by atoms with E-state index in [-0.39, 0.29) is 0 Å². The summed E-state index contributed by atoms with van der Waals surface area (Å²) in [6.07, 6.45) is 20.1. The van der Waals surface area contributed by atoms with E-state index in [9.17, 15) is 0 Å². The molecule has 2 N–H and O–H groups in total. The minimum Gasteiger partial charge on any atom is -0.330 e. The first kappa shape index (κ1) is 17.3. The molecule has 2 fully saturated rings. The van der Waals surface area contributed by atoms with Gasteiger partial charge in [-0.3, -0.25) is 0 Å². The van der Waals surface area contributed by atoms with Crippen LogP contribution in [0.3, 0.4) is 0 Å². The second-order valence-corrected chi connectivity index (χ2v) is 7.57. The number of nitrogens with zero attached hydrogens (tertiary/aromatic N) is 1. The second kappa shape index (κ2) is 9.84. The quantitative estimate of drug-likeness (QED) is 0.816. The van der Waals surface area contributed by atoms with Crippen molar-refractivity contribution < 1.29 is 0 Å². The highest BCUT2D eigenvalue weighted by molar-refractivity contribution is 4.87. The lowest BCUT2D eigenvalue weighted by molar-refractivity contribution is 0.124. The van der Waals surface area contributed by atoms with Crippen molar-refractivity contribution in [2.45, 2.75) is 102 Å². The summed E-state index contributed by atoms with van der Waals surface area (Å²) in [7, 11) is 2.40. The van der Waals surface area contributed by atoms with Crippen molar-refractivity contribution in [3.63, 3.8) is 0 Å². The average Bonchev–Trinajstić information content (AvgIpc) is 2.95. The molecule has 0 amide bonds. The maximum atomic E-state index is 6.00. The third-order valence-electron chi connectivity index (χ3n) is 6.10. The molecule has 0 saturated heterocycles. The van der Waals surface area contributed by atoms with E-state index < -0.39 is 0 Å². The lowest BCUT2D eigenvalue weighted by atomic mass is 9.94. The third kappa shape index (κ3) is 5.56. The maximum Gasteiger partial charge on any atom is 0.0135 e. The highest BCUT2D eigenvalue weighted by Crippen LogP contribution is 2.32. The molecule has 2 nitrogen and oxygen atoms in total. The molecule has 0 bridgehead atoms. The summed E-state index contributed by atoms with van der Waals surface area (Å²) < 4.78 is 0. The smallest absolute Gasteiger partial charge is 0.0135 e. The lowest BCUT2D eigenvalue weighted by Gasteiger charge is -2.36. The van der Waals surface area contributed by atoms with Crippen molar-refractivity contribution >= 4 is 0 Å². The Morgan fingerprint density at radius 3 is 1.76 bits per heavy atom. The van der Waals surface area contributed by atoms with Gasteiger partial charge in [-0.05, 0) is 45.2 Å². The minimum absolute atomic E-state index is 0.761. The van der Waals surface area contributed by atoms with E-state index in [1.807, 2.05) is 0 Å². The van der Waals surface area contributed by atoms with Gasteiger partial charge in [0.25, 0.3) is 0 Å². The molecule has 0 aliphatic heterocycles. The Morgan fingerprint density at radius 2 is 1.24 bits per heavy atom. The van der Waals surface area contributed by atoms with Crippen molar-refractivity contribution in [3.05, 3.63) is 0 Å². The van der Waals surface area contributed by atoms with E-state index in [0.29, 0.717) is 0 Å². The van der Waals surface area contributed by atoms with E-state index >= 15 is 0 Å². The van der Waals surface area contributed by atoms with Gasteiger partial charge in [0.2, 0.25) is 0 Å². The molecule has 0 heterocycles. The van der Waals surface area contributed by atoms with Gasteiger partial charge < -0.3 is 10.6 Å². The van der Waals surface area contributed by atoms with Crippen LogP contribution in [0.4, 0.5) is 0 Å². The van der Waals surface area contributed by atoms with Gasteiger partial charge >= 0.3 is 0 Å². The first-order valence-electron chi connectivity index (χ1n) is 9.75. The summed E-state index contributed by atoms with van der Waals surface area (Å²) in [6, 6.07) is 1.59. The molecule has 2 aliphatic carbocycles. The van der Waals surface area contributed by atoms with Crippen LogP contribution in [0.25, 0.3) is 0 Å². The molecule has 0 spiro atoms. The van der Waals surface area contributed by atoms with Crippen LogP contribution in [-0.2, 0) is 0 Å². The van der Waals surface area contributed by atoms with Crippen LogP contribution in [0.1, 0.15) is 89.9 Å². The van der Waals surface area contributed by atoms with Crippen molar-refractivity contribution in [3.8, 4) is 0 Å². The summed E-state index contributed by atoms with van der Waals surface area (Å²) in [4.78, 5) is 2.75. The normalized spacial score (nSPS) is 31.0. The van der Waals surface area contributed by atoms with Crippen LogP contribution in [-0.4, -0.2) is 30.6 Å². The monoisotopic (exact) mass is 294 g/mol. The summed E-state index contributed by atoms with van der Waals surface area (Å²) >= 11 is 0. The van der Waals surface area contributed by atoms with Crippen LogP contribution in [0.15, 0.2) is 0 Å². The number of hydrogen-bond donors (Lipinski definition) is 1. The zero-order valence-corrected chi connectivity index (χ0v) is 14.4. The van der Waals surface area contributed by atoms with Gasteiger partial charge in [0.05, 0.1) is 0 Å². The standard InChI is InChI=1S/C19H38N2/c1-21(19-15-11-12-17(19)16-20)18-13-9-7-5-3-2-4-6-8-10-14-18/h17-19H,2-16,20H2,1H3. The summed E-state index contributed by atoms with van der Waals surface area (Å²) in [5.74, 6) is 0.761. The predicted molar refractivity (Wildman–Crippen MR) is 92.5 cm³/mol. The molecule has 2 rings (SSSR count). The Bertz CT molecular complexity index is 254. The largest absolute Gasteiger partial charge is 0.330 e. The molecule has 2 heteroatoms. The Hall–Kier alpha value is -0.0800. The van der Waals surface area contributed by atoms with Gasteiger partial charge in [-0.15, -0.1) is 0 Å². The van der Waals surface area contributed by atoms with Gasteiger partial charge in [0.1, 0.15) is 0 Å². The Kier molecular flexibility index (Phi) is 8.10. The van der Waals surface area contributed by atoms with Gasteiger partial charge in [-0.2, -0.15) is 0 Å². The summed E-state index contributed by atoms with van der Waals surface area (Å²) in [5.41, 5.74) is 6.00. The van der Waals surface area contributed by atoms with Gasteiger partial charge in [0.15, 0.2) is 0 Å². The molecule has 2 unspecified atom stereocenters. The Morgan fingerprint density at radius 1 is 0.714 bits per heavy atom. The fourth-order valence-electron chi connectivity index (χ4n) is 4.65. The molecule has 2 aliphatic rings. The van der Waals surface area contributed by atoms with Crippen molar-refractivity contribution in [2.75, 3.05) is 13.6 Å². The van der Waals surface area contributed by atoms with E-state index in [0.717, 1.165) is 24.5 Å². The van der Waals surface area contributed by atoms with Gasteiger partial charge in [0, 0.05) is 12.1 Å². The number of rotatable bonds is 3. The second-order valence-electron chi connectivity index (χ2n) is 7.57. The van der Waals surface area contributed by atoms with E-state index in [2.05, 4.69) is 11.9 Å². The van der Waals surface area contributed by atoms with E-state index in [1.54, 1.807) is 0 Å². The van der Waals surface area contributed by atoms with E-state index in [4.69, 9.17) is 5.73 Å². The molecule has 2 saturated carbocycles. The summed E-state index contributed by atoms with van der Waals surface area (Å²) in [6.45, 7) is 0.891. The zero-order valence-electron chi connectivity index (χ0n) is 14.4. The fourth-order valence-corrected chi connectivity index (χ4v) is 4.65. The predicted octanol–water partition coefficient (Wildman–Crippen LogP) is 4.72. The highest BCUT2D eigenvalue weighted by Gasteiger charge is 2.32. The van der Waals surface area contributed by atoms with Crippen LogP contribution in [0, 0.1) is 5.92 Å². The third-order valence-corrected chi connectivity index (χ3v) is 6.10. The lowest BCUT2D eigenvalue weighted by Crippen LogP contribution is -2.44.